The molecule has 0 unspecified atom stereocenters. The smallest absolute Gasteiger partial charge is 0.142 e. The molecule has 3 aromatic carbocycles. The molecule has 0 N–H and O–H groups in total. The summed E-state index contributed by atoms with van der Waals surface area (Å²) in [6.45, 7) is 0. The van der Waals surface area contributed by atoms with Gasteiger partial charge in [-0.15, -0.1) is 0 Å². The van der Waals surface area contributed by atoms with E-state index >= 15 is 0 Å². The lowest BCUT2D eigenvalue weighted by Crippen LogP contribution is -1.79. The van der Waals surface area contributed by atoms with Gasteiger partial charge < -0.3 is 4.42 Å². The van der Waals surface area contributed by atoms with Gasteiger partial charge in [0.05, 0.1) is 0 Å². The van der Waals surface area contributed by atoms with Crippen molar-refractivity contribution in [2.45, 2.75) is 0 Å². The van der Waals surface area contributed by atoms with E-state index in [0.29, 0.717) is 0 Å². The number of hydrogen-bond acceptors (Lipinski definition) is 1. The lowest BCUT2D eigenvalue weighted by Gasteiger charge is -2.03. The monoisotopic (exact) mass is 374 g/mol. The van der Waals surface area contributed by atoms with E-state index < -0.39 is 0 Å². The third kappa shape index (κ3) is 2.93. The van der Waals surface area contributed by atoms with Crippen LogP contribution in [0.2, 0.25) is 0 Å². The summed E-state index contributed by atoms with van der Waals surface area (Å²) in [5.41, 5.74) is 4.41. The van der Waals surface area contributed by atoms with Crippen molar-refractivity contribution < 1.29 is 4.42 Å². The summed E-state index contributed by atoms with van der Waals surface area (Å²) in [5.74, 6) is 1.78. The summed E-state index contributed by atoms with van der Waals surface area (Å²) < 4.78 is 7.33. The van der Waals surface area contributed by atoms with E-state index in [0.717, 1.165) is 38.2 Å². The third-order valence-electron chi connectivity index (χ3n) is 3.98. The van der Waals surface area contributed by atoms with Crippen molar-refractivity contribution in [1.29, 1.82) is 0 Å². The topological polar surface area (TPSA) is 13.1 Å². The van der Waals surface area contributed by atoms with E-state index in [1.54, 1.807) is 0 Å². The van der Waals surface area contributed by atoms with Crippen LogP contribution in [0.4, 0.5) is 0 Å². The molecular formula is C22H15BrO. The number of hydrogen-bond donors (Lipinski definition) is 0. The van der Waals surface area contributed by atoms with Gasteiger partial charge in [-0.1, -0.05) is 88.7 Å². The molecule has 1 nitrogen and oxygen atoms in total. The van der Waals surface area contributed by atoms with Crippen LogP contribution < -0.4 is 0 Å². The lowest BCUT2D eigenvalue weighted by atomic mass is 10.0. The Morgan fingerprint density at radius 1 is 0.583 bits per heavy atom. The molecule has 0 amide bonds. The number of halogens is 1. The third-order valence-corrected chi connectivity index (χ3v) is 4.51. The summed E-state index contributed by atoms with van der Waals surface area (Å²) in [6, 6.07) is 30.9. The van der Waals surface area contributed by atoms with Gasteiger partial charge >= 0.3 is 0 Å². The molecule has 24 heavy (non-hydrogen) atoms. The van der Waals surface area contributed by atoms with Gasteiger partial charge in [-0.2, -0.15) is 0 Å². The molecule has 0 saturated heterocycles. The van der Waals surface area contributed by atoms with Crippen LogP contribution in [0.25, 0.3) is 33.8 Å². The quantitative estimate of drug-likeness (QED) is 0.374. The minimum Gasteiger partial charge on any atom is -0.455 e. The van der Waals surface area contributed by atoms with Gasteiger partial charge in [-0.05, 0) is 23.8 Å². The Balaban J connectivity index is 1.90. The van der Waals surface area contributed by atoms with Gasteiger partial charge in [0, 0.05) is 21.2 Å². The number of rotatable bonds is 3. The van der Waals surface area contributed by atoms with Gasteiger partial charge in [0.25, 0.3) is 0 Å². The summed E-state index contributed by atoms with van der Waals surface area (Å²) >= 11 is 3.50. The van der Waals surface area contributed by atoms with E-state index in [1.165, 1.54) is 0 Å². The Kier molecular flexibility index (Phi) is 4.06. The Morgan fingerprint density at radius 3 is 1.79 bits per heavy atom. The molecule has 2 heteroatoms. The zero-order valence-electron chi connectivity index (χ0n) is 12.9. The maximum atomic E-state index is 6.26. The first-order valence-electron chi connectivity index (χ1n) is 7.82. The second-order valence-corrected chi connectivity index (χ2v) is 6.51. The summed E-state index contributed by atoms with van der Waals surface area (Å²) in [4.78, 5) is 0. The van der Waals surface area contributed by atoms with Crippen LogP contribution in [0.3, 0.4) is 0 Å². The van der Waals surface area contributed by atoms with Gasteiger partial charge in [0.1, 0.15) is 11.5 Å². The molecule has 4 rings (SSSR count). The molecular weight excluding hydrogens is 360 g/mol. The number of furan rings is 1. The van der Waals surface area contributed by atoms with Crippen molar-refractivity contribution in [3.63, 3.8) is 0 Å². The van der Waals surface area contributed by atoms with E-state index in [9.17, 15) is 0 Å². The first-order chi connectivity index (χ1) is 11.8. The molecule has 0 fully saturated rings. The minimum absolute atomic E-state index is 0.882. The van der Waals surface area contributed by atoms with Gasteiger partial charge in [-0.3, -0.25) is 0 Å². The Labute approximate surface area is 149 Å². The highest BCUT2D eigenvalue weighted by Crippen LogP contribution is 2.38. The Morgan fingerprint density at radius 2 is 1.17 bits per heavy atom. The minimum atomic E-state index is 0.882. The molecule has 4 aromatic rings. The molecule has 0 spiro atoms. The van der Waals surface area contributed by atoms with Crippen LogP contribution in [0, 0.1) is 0 Å². The van der Waals surface area contributed by atoms with Crippen LogP contribution in [0.1, 0.15) is 0 Å². The molecule has 0 bridgehead atoms. The predicted octanol–water partition coefficient (Wildman–Crippen LogP) is 7.04. The molecule has 1 heterocycles. The highest BCUT2D eigenvalue weighted by Gasteiger charge is 2.15. The predicted molar refractivity (Wildman–Crippen MR) is 103 cm³/mol. The first kappa shape index (κ1) is 15.0. The van der Waals surface area contributed by atoms with E-state index in [4.69, 9.17) is 4.42 Å². The van der Waals surface area contributed by atoms with E-state index in [2.05, 4.69) is 70.5 Å². The zero-order chi connectivity index (χ0) is 16.4. The standard InChI is InChI=1S/C22H15BrO/c23-19-13-11-16(12-14-19)20-15-21(17-7-3-1-4-8-17)24-22(20)18-9-5-2-6-10-18/h1-15H. The maximum Gasteiger partial charge on any atom is 0.142 e. The highest BCUT2D eigenvalue weighted by molar-refractivity contribution is 9.10. The van der Waals surface area contributed by atoms with Crippen molar-refractivity contribution in [2.75, 3.05) is 0 Å². The Hall–Kier alpha value is -2.58. The molecule has 0 aliphatic carbocycles. The average molecular weight is 375 g/mol. The van der Waals surface area contributed by atoms with E-state index in [-0.39, 0.29) is 0 Å². The fourth-order valence-corrected chi connectivity index (χ4v) is 3.05. The largest absolute Gasteiger partial charge is 0.455 e. The second-order valence-electron chi connectivity index (χ2n) is 5.59. The molecule has 0 radical (unpaired) electrons. The lowest BCUT2D eigenvalue weighted by molar-refractivity contribution is 0.598. The van der Waals surface area contributed by atoms with Crippen LogP contribution in [0.5, 0.6) is 0 Å². The van der Waals surface area contributed by atoms with Gasteiger partial charge in [0.2, 0.25) is 0 Å². The normalized spacial score (nSPS) is 10.7. The first-order valence-corrected chi connectivity index (χ1v) is 8.61. The molecule has 0 saturated carbocycles. The summed E-state index contributed by atoms with van der Waals surface area (Å²) in [6.07, 6.45) is 0. The summed E-state index contributed by atoms with van der Waals surface area (Å²) in [5, 5.41) is 0. The second kappa shape index (κ2) is 6.50. The van der Waals surface area contributed by atoms with Crippen molar-refractivity contribution >= 4 is 15.9 Å². The van der Waals surface area contributed by atoms with Crippen LogP contribution >= 0.6 is 15.9 Å². The maximum absolute atomic E-state index is 6.26. The SMILES string of the molecule is Brc1ccc(-c2cc(-c3ccccc3)oc2-c2ccccc2)cc1. The van der Waals surface area contributed by atoms with Crippen molar-refractivity contribution in [1.82, 2.24) is 0 Å². The van der Waals surface area contributed by atoms with Crippen LogP contribution in [-0.2, 0) is 0 Å². The Bertz CT molecular complexity index is 938. The molecule has 0 aliphatic heterocycles. The fourth-order valence-electron chi connectivity index (χ4n) is 2.78. The van der Waals surface area contributed by atoms with Crippen molar-refractivity contribution in [3.05, 3.63) is 95.5 Å². The van der Waals surface area contributed by atoms with Crippen LogP contribution in [-0.4, -0.2) is 0 Å². The average Bonchev–Trinajstić information content (AvgIpc) is 3.09. The zero-order valence-corrected chi connectivity index (χ0v) is 14.5. The highest BCUT2D eigenvalue weighted by atomic mass is 79.9. The molecule has 0 atom stereocenters. The van der Waals surface area contributed by atoms with Crippen molar-refractivity contribution in [3.8, 4) is 33.8 Å². The fraction of sp³-hybridized carbons (Fsp3) is 0. The summed E-state index contributed by atoms with van der Waals surface area (Å²) in [7, 11) is 0. The molecule has 1 aromatic heterocycles. The number of benzene rings is 3. The van der Waals surface area contributed by atoms with Gasteiger partial charge in [0.15, 0.2) is 0 Å². The van der Waals surface area contributed by atoms with E-state index in [1.807, 2.05) is 36.4 Å². The van der Waals surface area contributed by atoms with Crippen molar-refractivity contribution in [2.24, 2.45) is 0 Å². The molecule has 116 valence electrons. The van der Waals surface area contributed by atoms with Gasteiger partial charge in [-0.25, -0.2) is 0 Å². The molecule has 0 aliphatic rings. The van der Waals surface area contributed by atoms with Crippen LogP contribution in [0.15, 0.2) is 99.9 Å².